The van der Waals surface area contributed by atoms with E-state index in [1.165, 1.54) is 0 Å². The van der Waals surface area contributed by atoms with Crippen molar-refractivity contribution in [2.75, 3.05) is 6.61 Å². The van der Waals surface area contributed by atoms with Crippen LogP contribution < -0.4 is 3.07 Å². The zero-order valence-electron chi connectivity index (χ0n) is 7.42. The van der Waals surface area contributed by atoms with Gasteiger partial charge < -0.3 is 7.80 Å². The predicted molar refractivity (Wildman–Crippen MR) is 69.8 cm³/mol. The van der Waals surface area contributed by atoms with Gasteiger partial charge in [0.25, 0.3) is 0 Å². The Kier molecular flexibility index (Phi) is 4.93. The van der Waals surface area contributed by atoms with E-state index in [4.69, 9.17) is 7.80 Å². The third kappa shape index (κ3) is 2.72. The number of carbonyl (C=O) groups excluding carboxylic acids is 1. The number of hydrogen-bond donors (Lipinski definition) is 0. The molecule has 0 aromatic heterocycles. The first-order chi connectivity index (χ1) is 6.70. The Balaban J connectivity index is 3.07. The number of para-hydroxylation sites is 1. The third-order valence-corrected chi connectivity index (χ3v) is 2.83. The highest BCUT2D eigenvalue weighted by Crippen LogP contribution is 2.27. The fraction of sp³-hybridized carbons (Fsp3) is 0.222. The van der Waals surface area contributed by atoms with Crippen LogP contribution in [0.4, 0.5) is 0 Å². The fourth-order valence-corrected chi connectivity index (χ4v) is 2.46. The number of ether oxygens (including phenoxy) is 1. The molecule has 1 rings (SSSR count). The Bertz CT molecular complexity index is 339. The summed E-state index contributed by atoms with van der Waals surface area (Å²) in [6, 6.07) is 5.36. The molecule has 5 heteroatoms. The Labute approximate surface area is 110 Å². The number of hydrogen-bond acceptors (Lipinski definition) is 3. The maximum atomic E-state index is 11.5. The van der Waals surface area contributed by atoms with Crippen molar-refractivity contribution in [3.63, 3.8) is 0 Å². The lowest BCUT2D eigenvalue weighted by atomic mass is 10.2. The van der Waals surface area contributed by atoms with Gasteiger partial charge in [-0.05, 0) is 41.6 Å². The van der Waals surface area contributed by atoms with Gasteiger partial charge in [-0.3, -0.25) is 0 Å². The van der Waals surface area contributed by atoms with Gasteiger partial charge in [0, 0.05) is 0 Å². The molecular formula is C9H8I2O3. The Hall–Kier alpha value is -0.0500. The number of halogens is 2. The lowest BCUT2D eigenvalue weighted by Gasteiger charge is -2.07. The maximum absolute atomic E-state index is 11.5. The van der Waals surface area contributed by atoms with Crippen molar-refractivity contribution < 1.29 is 12.6 Å². The van der Waals surface area contributed by atoms with E-state index in [9.17, 15) is 4.79 Å². The normalized spacial score (nSPS) is 9.64. The maximum Gasteiger partial charge on any atom is 0.341 e. The minimum absolute atomic E-state index is 0.349. The van der Waals surface area contributed by atoms with Gasteiger partial charge in [0.2, 0.25) is 0 Å². The Morgan fingerprint density at radius 3 is 2.79 bits per heavy atom. The summed E-state index contributed by atoms with van der Waals surface area (Å²) >= 11 is 3.86. The molecule has 0 heterocycles. The monoisotopic (exact) mass is 418 g/mol. The molecule has 0 aliphatic heterocycles. The van der Waals surface area contributed by atoms with Gasteiger partial charge in [-0.1, -0.05) is 6.07 Å². The quantitative estimate of drug-likeness (QED) is 0.559. The lowest BCUT2D eigenvalue weighted by Crippen LogP contribution is -2.06. The average molecular weight is 418 g/mol. The van der Waals surface area contributed by atoms with Crippen LogP contribution in [0.15, 0.2) is 18.2 Å². The molecule has 1 aromatic carbocycles. The molecule has 0 aliphatic carbocycles. The molecule has 1 aromatic rings. The summed E-state index contributed by atoms with van der Waals surface area (Å²) in [6.07, 6.45) is 0. The van der Waals surface area contributed by atoms with Crippen molar-refractivity contribution >= 4 is 51.6 Å². The van der Waals surface area contributed by atoms with Crippen molar-refractivity contribution in [2.45, 2.75) is 6.92 Å². The molecule has 0 unspecified atom stereocenters. The SMILES string of the molecule is CCOC(=O)c1cccc(I)c1OI. The first-order valence-corrected chi connectivity index (χ1v) is 5.91. The largest absolute Gasteiger partial charge is 0.462 e. The summed E-state index contributed by atoms with van der Waals surface area (Å²) in [7, 11) is 0. The predicted octanol–water partition coefficient (Wildman–Crippen LogP) is 3.20. The lowest BCUT2D eigenvalue weighted by molar-refractivity contribution is 0.0525. The molecule has 0 N–H and O–H groups in total. The second kappa shape index (κ2) is 5.74. The van der Waals surface area contributed by atoms with Crippen LogP contribution in [0, 0.1) is 3.57 Å². The number of carbonyl (C=O) groups is 1. The summed E-state index contributed by atoms with van der Waals surface area (Å²) in [6.45, 7) is 2.14. The highest BCUT2D eigenvalue weighted by Gasteiger charge is 2.15. The number of rotatable bonds is 3. The molecule has 3 nitrogen and oxygen atoms in total. The molecule has 0 saturated heterocycles. The number of esters is 1. The van der Waals surface area contributed by atoms with Crippen molar-refractivity contribution in [3.05, 3.63) is 27.3 Å². The molecule has 0 bridgehead atoms. The molecule has 0 saturated carbocycles. The van der Waals surface area contributed by atoms with Gasteiger partial charge >= 0.3 is 5.97 Å². The summed E-state index contributed by atoms with van der Waals surface area (Å²) in [5.74, 6) is 0.213. The average Bonchev–Trinajstić information content (AvgIpc) is 2.17. The van der Waals surface area contributed by atoms with Crippen LogP contribution in [0.1, 0.15) is 17.3 Å². The summed E-state index contributed by atoms with van der Waals surface area (Å²) in [5.41, 5.74) is 0.466. The standard InChI is InChI=1S/C9H8I2O3/c1-2-13-9(12)6-4-3-5-7(10)8(6)14-11/h3-5H,2H2,1H3. The van der Waals surface area contributed by atoms with Gasteiger partial charge in [0.15, 0.2) is 28.8 Å². The minimum atomic E-state index is -0.349. The summed E-state index contributed by atoms with van der Waals surface area (Å²) in [5, 5.41) is 0. The van der Waals surface area contributed by atoms with E-state index in [-0.39, 0.29) is 5.97 Å². The second-order valence-corrected chi connectivity index (χ2v) is 4.02. The molecular weight excluding hydrogens is 410 g/mol. The van der Waals surface area contributed by atoms with Crippen LogP contribution in [0.3, 0.4) is 0 Å². The van der Waals surface area contributed by atoms with Crippen molar-refractivity contribution in [1.82, 2.24) is 0 Å². The zero-order chi connectivity index (χ0) is 10.6. The fourth-order valence-electron chi connectivity index (χ4n) is 0.957. The van der Waals surface area contributed by atoms with Gasteiger partial charge in [-0.15, -0.1) is 0 Å². The van der Waals surface area contributed by atoms with E-state index in [0.29, 0.717) is 17.9 Å². The van der Waals surface area contributed by atoms with E-state index < -0.39 is 0 Å². The summed E-state index contributed by atoms with van der Waals surface area (Å²) < 4.78 is 10.9. The number of benzene rings is 1. The van der Waals surface area contributed by atoms with E-state index in [1.54, 1.807) is 42.1 Å². The molecule has 0 atom stereocenters. The van der Waals surface area contributed by atoms with E-state index >= 15 is 0 Å². The van der Waals surface area contributed by atoms with Crippen molar-refractivity contribution in [3.8, 4) is 5.75 Å². The highest BCUT2D eigenvalue weighted by molar-refractivity contribution is 14.1. The molecule has 14 heavy (non-hydrogen) atoms. The van der Waals surface area contributed by atoms with Gasteiger partial charge in [0.05, 0.1) is 10.2 Å². The summed E-state index contributed by atoms with van der Waals surface area (Å²) in [4.78, 5) is 11.5. The Morgan fingerprint density at radius 1 is 1.50 bits per heavy atom. The van der Waals surface area contributed by atoms with Crippen LogP contribution in [0.5, 0.6) is 5.75 Å². The van der Waals surface area contributed by atoms with E-state index in [1.807, 2.05) is 6.07 Å². The molecule has 76 valence electrons. The van der Waals surface area contributed by atoms with Crippen LogP contribution in [0.2, 0.25) is 0 Å². The molecule has 0 spiro atoms. The molecule has 0 radical (unpaired) electrons. The molecule has 0 amide bonds. The third-order valence-electron chi connectivity index (χ3n) is 1.54. The molecule has 0 fully saturated rings. The first-order valence-electron chi connectivity index (χ1n) is 3.95. The van der Waals surface area contributed by atoms with Crippen LogP contribution in [-0.4, -0.2) is 12.6 Å². The van der Waals surface area contributed by atoms with Crippen LogP contribution in [-0.2, 0) is 4.74 Å². The Morgan fingerprint density at radius 2 is 2.21 bits per heavy atom. The molecule has 0 aliphatic rings. The van der Waals surface area contributed by atoms with Gasteiger partial charge in [0.1, 0.15) is 5.56 Å². The second-order valence-electron chi connectivity index (χ2n) is 2.41. The highest BCUT2D eigenvalue weighted by atomic mass is 127. The minimum Gasteiger partial charge on any atom is -0.462 e. The zero-order valence-corrected chi connectivity index (χ0v) is 11.7. The van der Waals surface area contributed by atoms with Crippen LogP contribution >= 0.6 is 45.6 Å². The van der Waals surface area contributed by atoms with E-state index in [2.05, 4.69) is 22.6 Å². The van der Waals surface area contributed by atoms with Crippen molar-refractivity contribution in [1.29, 1.82) is 0 Å². The van der Waals surface area contributed by atoms with Crippen molar-refractivity contribution in [2.24, 2.45) is 0 Å². The van der Waals surface area contributed by atoms with E-state index in [0.717, 1.165) is 3.57 Å². The first kappa shape index (κ1) is 12.0. The van der Waals surface area contributed by atoms with Gasteiger partial charge in [-0.2, -0.15) is 0 Å². The van der Waals surface area contributed by atoms with Crippen LogP contribution in [0.25, 0.3) is 0 Å². The smallest absolute Gasteiger partial charge is 0.341 e. The van der Waals surface area contributed by atoms with Gasteiger partial charge in [-0.25, -0.2) is 4.79 Å². The topological polar surface area (TPSA) is 35.5 Å².